The molecular formula is C19H31IN4O. The van der Waals surface area contributed by atoms with Crippen LogP contribution in [0.15, 0.2) is 29.3 Å². The first-order valence-electron chi connectivity index (χ1n) is 8.91. The molecule has 25 heavy (non-hydrogen) atoms. The van der Waals surface area contributed by atoms with Gasteiger partial charge in [-0.3, -0.25) is 4.79 Å². The first kappa shape index (κ1) is 21.7. The first-order valence-corrected chi connectivity index (χ1v) is 8.91. The first-order chi connectivity index (χ1) is 11.5. The van der Waals surface area contributed by atoms with Gasteiger partial charge in [-0.05, 0) is 49.3 Å². The van der Waals surface area contributed by atoms with Crippen molar-refractivity contribution in [1.82, 2.24) is 10.2 Å². The highest BCUT2D eigenvalue weighted by atomic mass is 127. The Kier molecular flexibility index (Phi) is 9.24. The Morgan fingerprint density at radius 2 is 2.04 bits per heavy atom. The molecule has 0 saturated carbocycles. The van der Waals surface area contributed by atoms with Gasteiger partial charge in [0, 0.05) is 25.2 Å². The molecule has 0 aromatic heterocycles. The van der Waals surface area contributed by atoms with E-state index in [4.69, 9.17) is 10.7 Å². The molecule has 1 fully saturated rings. The fourth-order valence-corrected chi connectivity index (χ4v) is 3.25. The molecule has 1 unspecified atom stereocenters. The van der Waals surface area contributed by atoms with Crippen molar-refractivity contribution in [3.63, 3.8) is 0 Å². The van der Waals surface area contributed by atoms with Crippen LogP contribution in [0.2, 0.25) is 0 Å². The van der Waals surface area contributed by atoms with Crippen LogP contribution in [0.3, 0.4) is 0 Å². The summed E-state index contributed by atoms with van der Waals surface area (Å²) in [4.78, 5) is 18.3. The number of hydrogen-bond acceptors (Lipinski definition) is 2. The molecule has 2 rings (SSSR count). The number of carbonyl (C=O) groups is 1. The van der Waals surface area contributed by atoms with Crippen LogP contribution in [0.5, 0.6) is 0 Å². The van der Waals surface area contributed by atoms with Crippen molar-refractivity contribution in [2.45, 2.75) is 40.2 Å². The van der Waals surface area contributed by atoms with Gasteiger partial charge in [-0.15, -0.1) is 24.0 Å². The number of rotatable bonds is 6. The number of amides is 1. The SMILES string of the molecule is CCNC(=NCc1ccc(C(N)=O)cc1)N1CCC(CC(C)C)C1.I. The summed E-state index contributed by atoms with van der Waals surface area (Å²) < 4.78 is 0. The number of guanidine groups is 1. The van der Waals surface area contributed by atoms with E-state index in [9.17, 15) is 4.79 Å². The molecule has 1 aromatic rings. The summed E-state index contributed by atoms with van der Waals surface area (Å²) in [6.45, 7) is 10.3. The Bertz CT molecular complexity index is 571. The maximum atomic E-state index is 11.1. The monoisotopic (exact) mass is 458 g/mol. The van der Waals surface area contributed by atoms with Crippen molar-refractivity contribution in [3.8, 4) is 0 Å². The Labute approximate surface area is 168 Å². The van der Waals surface area contributed by atoms with Gasteiger partial charge in [0.15, 0.2) is 5.96 Å². The highest BCUT2D eigenvalue weighted by Crippen LogP contribution is 2.23. The van der Waals surface area contributed by atoms with Gasteiger partial charge < -0.3 is 16.0 Å². The Balaban J connectivity index is 0.00000312. The molecule has 0 spiro atoms. The summed E-state index contributed by atoms with van der Waals surface area (Å²) in [7, 11) is 0. The van der Waals surface area contributed by atoms with Crippen LogP contribution in [-0.4, -0.2) is 36.4 Å². The third-order valence-corrected chi connectivity index (χ3v) is 4.37. The number of halogens is 1. The van der Waals surface area contributed by atoms with Gasteiger partial charge >= 0.3 is 0 Å². The van der Waals surface area contributed by atoms with Crippen molar-refractivity contribution in [2.24, 2.45) is 22.6 Å². The number of nitrogens with two attached hydrogens (primary N) is 1. The van der Waals surface area contributed by atoms with E-state index < -0.39 is 5.91 Å². The van der Waals surface area contributed by atoms with E-state index in [-0.39, 0.29) is 24.0 Å². The fraction of sp³-hybridized carbons (Fsp3) is 0.579. The summed E-state index contributed by atoms with van der Waals surface area (Å²) in [6.07, 6.45) is 2.53. The maximum Gasteiger partial charge on any atom is 0.248 e. The van der Waals surface area contributed by atoms with Crippen molar-refractivity contribution in [2.75, 3.05) is 19.6 Å². The molecule has 0 aliphatic carbocycles. The lowest BCUT2D eigenvalue weighted by Gasteiger charge is -2.22. The van der Waals surface area contributed by atoms with Crippen molar-refractivity contribution >= 4 is 35.8 Å². The van der Waals surface area contributed by atoms with E-state index in [1.54, 1.807) is 12.1 Å². The number of likely N-dealkylation sites (tertiary alicyclic amines) is 1. The third kappa shape index (κ3) is 6.84. The highest BCUT2D eigenvalue weighted by molar-refractivity contribution is 14.0. The van der Waals surface area contributed by atoms with Crippen LogP contribution in [0.25, 0.3) is 0 Å². The molecule has 1 aromatic carbocycles. The quantitative estimate of drug-likeness (QED) is 0.391. The molecule has 1 amide bonds. The molecule has 1 aliphatic heterocycles. The van der Waals surface area contributed by atoms with Gasteiger partial charge in [0.05, 0.1) is 6.54 Å². The van der Waals surface area contributed by atoms with Gasteiger partial charge in [-0.1, -0.05) is 26.0 Å². The lowest BCUT2D eigenvalue weighted by Crippen LogP contribution is -2.40. The molecule has 0 bridgehead atoms. The molecule has 1 heterocycles. The zero-order valence-electron chi connectivity index (χ0n) is 15.5. The second-order valence-electron chi connectivity index (χ2n) is 6.96. The molecule has 1 aliphatic rings. The Hall–Kier alpha value is -1.31. The van der Waals surface area contributed by atoms with Crippen LogP contribution >= 0.6 is 24.0 Å². The molecule has 1 atom stereocenters. The van der Waals surface area contributed by atoms with Gasteiger partial charge in [-0.25, -0.2) is 4.99 Å². The molecule has 3 N–H and O–H groups in total. The van der Waals surface area contributed by atoms with Crippen molar-refractivity contribution < 1.29 is 4.79 Å². The predicted octanol–water partition coefficient (Wildman–Crippen LogP) is 3.24. The van der Waals surface area contributed by atoms with Gasteiger partial charge in [0.2, 0.25) is 5.91 Å². The zero-order valence-corrected chi connectivity index (χ0v) is 17.8. The number of primary amides is 1. The minimum Gasteiger partial charge on any atom is -0.366 e. The smallest absolute Gasteiger partial charge is 0.248 e. The van der Waals surface area contributed by atoms with Crippen LogP contribution in [-0.2, 0) is 6.54 Å². The minimum absolute atomic E-state index is 0. The topological polar surface area (TPSA) is 70.7 Å². The van der Waals surface area contributed by atoms with E-state index in [2.05, 4.69) is 31.0 Å². The molecule has 5 nitrogen and oxygen atoms in total. The average molecular weight is 458 g/mol. The molecule has 0 radical (unpaired) electrons. The van der Waals surface area contributed by atoms with Crippen molar-refractivity contribution in [1.29, 1.82) is 0 Å². The molecule has 6 heteroatoms. The zero-order chi connectivity index (χ0) is 17.5. The van der Waals surface area contributed by atoms with Gasteiger partial charge in [0.25, 0.3) is 0 Å². The summed E-state index contributed by atoms with van der Waals surface area (Å²) in [5.74, 6) is 2.11. The largest absolute Gasteiger partial charge is 0.366 e. The van der Waals surface area contributed by atoms with E-state index in [1.165, 1.54) is 12.8 Å². The summed E-state index contributed by atoms with van der Waals surface area (Å²) in [5, 5.41) is 3.40. The standard InChI is InChI=1S/C19H30N4O.HI/c1-4-21-19(23-10-9-16(13-23)11-14(2)3)22-12-15-5-7-17(8-6-15)18(20)24;/h5-8,14,16H,4,9-13H2,1-3H3,(H2,20,24)(H,21,22);1H. The Morgan fingerprint density at radius 1 is 1.36 bits per heavy atom. The highest BCUT2D eigenvalue weighted by Gasteiger charge is 2.25. The average Bonchev–Trinajstić information content (AvgIpc) is 2.99. The molecule has 140 valence electrons. The number of nitrogens with one attached hydrogen (secondary N) is 1. The fourth-order valence-electron chi connectivity index (χ4n) is 3.25. The van der Waals surface area contributed by atoms with Crippen LogP contribution in [0.4, 0.5) is 0 Å². The summed E-state index contributed by atoms with van der Waals surface area (Å²) >= 11 is 0. The maximum absolute atomic E-state index is 11.1. The lowest BCUT2D eigenvalue weighted by atomic mass is 9.97. The summed E-state index contributed by atoms with van der Waals surface area (Å²) in [5.41, 5.74) is 6.88. The van der Waals surface area contributed by atoms with Gasteiger partial charge in [0.1, 0.15) is 0 Å². The van der Waals surface area contributed by atoms with Gasteiger partial charge in [-0.2, -0.15) is 0 Å². The lowest BCUT2D eigenvalue weighted by molar-refractivity contribution is 0.100. The third-order valence-electron chi connectivity index (χ3n) is 4.37. The minimum atomic E-state index is -0.397. The second-order valence-corrected chi connectivity index (χ2v) is 6.96. The number of benzene rings is 1. The van der Waals surface area contributed by atoms with Crippen LogP contribution < -0.4 is 11.1 Å². The van der Waals surface area contributed by atoms with Crippen LogP contribution in [0.1, 0.15) is 49.5 Å². The number of carbonyl (C=O) groups excluding carboxylic acids is 1. The molecular weight excluding hydrogens is 427 g/mol. The van der Waals surface area contributed by atoms with E-state index in [0.29, 0.717) is 12.1 Å². The van der Waals surface area contributed by atoms with Crippen LogP contribution in [0, 0.1) is 11.8 Å². The predicted molar refractivity (Wildman–Crippen MR) is 114 cm³/mol. The molecule has 1 saturated heterocycles. The van der Waals surface area contributed by atoms with E-state index >= 15 is 0 Å². The number of hydrogen-bond donors (Lipinski definition) is 2. The normalized spacial score (nSPS) is 17.5. The van der Waals surface area contributed by atoms with Crippen molar-refractivity contribution in [3.05, 3.63) is 35.4 Å². The summed E-state index contributed by atoms with van der Waals surface area (Å²) in [6, 6.07) is 7.35. The Morgan fingerprint density at radius 3 is 2.60 bits per heavy atom. The second kappa shape index (κ2) is 10.6. The van der Waals surface area contributed by atoms with E-state index in [1.807, 2.05) is 12.1 Å². The number of aliphatic imine (C=N–C) groups is 1. The number of nitrogens with zero attached hydrogens (tertiary/aromatic N) is 2. The van der Waals surface area contributed by atoms with E-state index in [0.717, 1.165) is 43.0 Å².